The number of carbonyl (C=O) groups is 1. The van der Waals surface area contributed by atoms with Crippen LogP contribution in [0.2, 0.25) is 0 Å². The van der Waals surface area contributed by atoms with E-state index in [0.29, 0.717) is 12.1 Å². The molecule has 2 rings (SSSR count). The number of hydrogen-bond acceptors (Lipinski definition) is 3. The van der Waals surface area contributed by atoms with Gasteiger partial charge in [0.25, 0.3) is 0 Å². The summed E-state index contributed by atoms with van der Waals surface area (Å²) < 4.78 is 0. The van der Waals surface area contributed by atoms with Gasteiger partial charge >= 0.3 is 5.97 Å². The third-order valence-corrected chi connectivity index (χ3v) is 3.27. The van der Waals surface area contributed by atoms with Crippen LogP contribution in [-0.2, 0) is 6.54 Å². The van der Waals surface area contributed by atoms with Crippen LogP contribution < -0.4 is 0 Å². The molecule has 1 fully saturated rings. The Hall–Kier alpha value is -1.39. The van der Waals surface area contributed by atoms with Crippen LogP contribution in [0.3, 0.4) is 0 Å². The van der Waals surface area contributed by atoms with Gasteiger partial charge in [0.15, 0.2) is 0 Å². The van der Waals surface area contributed by atoms with Crippen molar-refractivity contribution in [3.05, 3.63) is 35.4 Å². The van der Waals surface area contributed by atoms with Crippen LogP contribution in [0.1, 0.15) is 28.8 Å². The molecule has 17 heavy (non-hydrogen) atoms. The number of benzene rings is 1. The second-order valence-electron chi connectivity index (χ2n) is 4.45. The van der Waals surface area contributed by atoms with Gasteiger partial charge in [0.05, 0.1) is 12.2 Å². The highest BCUT2D eigenvalue weighted by Gasteiger charge is 2.23. The molecule has 0 spiro atoms. The lowest BCUT2D eigenvalue weighted by Gasteiger charge is -2.22. The van der Waals surface area contributed by atoms with E-state index in [2.05, 4.69) is 4.90 Å². The van der Waals surface area contributed by atoms with E-state index in [9.17, 15) is 9.90 Å². The lowest BCUT2D eigenvalue weighted by molar-refractivity contribution is 0.0696. The summed E-state index contributed by atoms with van der Waals surface area (Å²) in [4.78, 5) is 13.1. The van der Waals surface area contributed by atoms with Crippen LogP contribution in [0, 0.1) is 0 Å². The molecule has 1 atom stereocenters. The molecule has 2 N–H and O–H groups in total. The Morgan fingerprint density at radius 1 is 1.47 bits per heavy atom. The van der Waals surface area contributed by atoms with Crippen LogP contribution in [0.25, 0.3) is 0 Å². The molecule has 0 radical (unpaired) electrons. The summed E-state index contributed by atoms with van der Waals surface area (Å²) in [5, 5.41) is 18.1. The molecule has 1 aromatic rings. The van der Waals surface area contributed by atoms with E-state index >= 15 is 0 Å². The molecule has 0 saturated carbocycles. The van der Waals surface area contributed by atoms with Gasteiger partial charge in [-0.3, -0.25) is 4.90 Å². The molecule has 1 saturated heterocycles. The Balaban J connectivity index is 2.07. The smallest absolute Gasteiger partial charge is 0.335 e. The number of carboxylic acid groups (broad SMARTS) is 1. The monoisotopic (exact) mass is 235 g/mol. The van der Waals surface area contributed by atoms with E-state index in [1.54, 1.807) is 18.2 Å². The van der Waals surface area contributed by atoms with Gasteiger partial charge in [-0.05, 0) is 37.1 Å². The molecular formula is C13H17NO3. The molecule has 0 aliphatic carbocycles. The van der Waals surface area contributed by atoms with Crippen LogP contribution in [0.4, 0.5) is 0 Å². The molecule has 92 valence electrons. The third-order valence-electron chi connectivity index (χ3n) is 3.27. The van der Waals surface area contributed by atoms with E-state index in [1.165, 1.54) is 0 Å². The summed E-state index contributed by atoms with van der Waals surface area (Å²) in [6, 6.07) is 7.22. The Morgan fingerprint density at radius 2 is 2.29 bits per heavy atom. The molecule has 1 aliphatic heterocycles. The minimum absolute atomic E-state index is 0.179. The van der Waals surface area contributed by atoms with E-state index in [4.69, 9.17) is 5.11 Å². The number of aliphatic hydroxyl groups excluding tert-OH is 1. The highest BCUT2D eigenvalue weighted by atomic mass is 16.4. The summed E-state index contributed by atoms with van der Waals surface area (Å²) in [6.07, 6.45) is 2.12. The largest absolute Gasteiger partial charge is 0.478 e. The molecule has 1 unspecified atom stereocenters. The van der Waals surface area contributed by atoms with Crippen molar-refractivity contribution in [2.75, 3.05) is 13.2 Å². The van der Waals surface area contributed by atoms with Crippen molar-refractivity contribution in [3.63, 3.8) is 0 Å². The fraction of sp³-hybridized carbons (Fsp3) is 0.462. The summed E-state index contributed by atoms with van der Waals surface area (Å²) in [7, 11) is 0. The quantitative estimate of drug-likeness (QED) is 0.826. The first-order valence-corrected chi connectivity index (χ1v) is 5.88. The minimum Gasteiger partial charge on any atom is -0.478 e. The highest BCUT2D eigenvalue weighted by Crippen LogP contribution is 2.19. The first kappa shape index (κ1) is 12.1. The van der Waals surface area contributed by atoms with Crippen molar-refractivity contribution in [2.45, 2.75) is 25.4 Å². The van der Waals surface area contributed by atoms with Crippen LogP contribution in [0.5, 0.6) is 0 Å². The van der Waals surface area contributed by atoms with E-state index < -0.39 is 5.97 Å². The molecule has 1 aromatic carbocycles. The van der Waals surface area contributed by atoms with Crippen LogP contribution in [0.15, 0.2) is 24.3 Å². The van der Waals surface area contributed by atoms with Crippen molar-refractivity contribution < 1.29 is 15.0 Å². The summed E-state index contributed by atoms with van der Waals surface area (Å²) in [5.41, 5.74) is 1.31. The molecule has 0 bridgehead atoms. The summed E-state index contributed by atoms with van der Waals surface area (Å²) in [5.74, 6) is -0.896. The Kier molecular flexibility index (Phi) is 3.76. The first-order chi connectivity index (χ1) is 8.20. The maximum Gasteiger partial charge on any atom is 0.335 e. The normalized spacial score (nSPS) is 20.6. The Labute approximate surface area is 100 Å². The molecule has 0 aromatic heterocycles. The SMILES string of the molecule is O=C(O)c1cccc(CN2CCCC2CO)c1. The maximum atomic E-state index is 10.9. The fourth-order valence-corrected chi connectivity index (χ4v) is 2.35. The topological polar surface area (TPSA) is 60.8 Å². The summed E-state index contributed by atoms with van der Waals surface area (Å²) >= 11 is 0. The van der Waals surface area contributed by atoms with E-state index in [1.807, 2.05) is 6.07 Å². The van der Waals surface area contributed by atoms with Crippen molar-refractivity contribution in [1.82, 2.24) is 4.90 Å². The molecular weight excluding hydrogens is 218 g/mol. The van der Waals surface area contributed by atoms with Crippen LogP contribution in [-0.4, -0.2) is 40.3 Å². The van der Waals surface area contributed by atoms with Gasteiger partial charge in [-0.15, -0.1) is 0 Å². The Morgan fingerprint density at radius 3 is 3.00 bits per heavy atom. The molecule has 0 amide bonds. The van der Waals surface area contributed by atoms with Gasteiger partial charge in [-0.25, -0.2) is 4.79 Å². The van der Waals surface area contributed by atoms with Crippen LogP contribution >= 0.6 is 0 Å². The van der Waals surface area contributed by atoms with Gasteiger partial charge in [0, 0.05) is 12.6 Å². The fourth-order valence-electron chi connectivity index (χ4n) is 2.35. The zero-order valence-corrected chi connectivity index (χ0v) is 9.67. The van der Waals surface area contributed by atoms with E-state index in [0.717, 1.165) is 24.9 Å². The number of carboxylic acids is 1. The minimum atomic E-state index is -0.896. The molecule has 1 aliphatic rings. The second kappa shape index (κ2) is 5.29. The predicted octanol–water partition coefficient (Wildman–Crippen LogP) is 1.34. The Bertz CT molecular complexity index is 405. The van der Waals surface area contributed by atoms with Gasteiger partial charge < -0.3 is 10.2 Å². The third kappa shape index (κ3) is 2.84. The van der Waals surface area contributed by atoms with Gasteiger partial charge in [-0.1, -0.05) is 12.1 Å². The number of aliphatic hydroxyl groups is 1. The number of aromatic carboxylic acids is 1. The molecule has 1 heterocycles. The predicted molar refractivity (Wildman–Crippen MR) is 63.9 cm³/mol. The molecule has 4 nitrogen and oxygen atoms in total. The maximum absolute atomic E-state index is 10.9. The van der Waals surface area contributed by atoms with Crippen molar-refractivity contribution in [3.8, 4) is 0 Å². The van der Waals surface area contributed by atoms with Gasteiger partial charge in [-0.2, -0.15) is 0 Å². The number of hydrogen-bond donors (Lipinski definition) is 2. The van der Waals surface area contributed by atoms with Gasteiger partial charge in [0.1, 0.15) is 0 Å². The lowest BCUT2D eigenvalue weighted by Crippen LogP contribution is -2.31. The first-order valence-electron chi connectivity index (χ1n) is 5.88. The van der Waals surface area contributed by atoms with Crippen molar-refractivity contribution >= 4 is 5.97 Å². The van der Waals surface area contributed by atoms with Gasteiger partial charge in [0.2, 0.25) is 0 Å². The average Bonchev–Trinajstić information content (AvgIpc) is 2.76. The average molecular weight is 235 g/mol. The van der Waals surface area contributed by atoms with E-state index in [-0.39, 0.29) is 12.6 Å². The second-order valence-corrected chi connectivity index (χ2v) is 4.45. The zero-order chi connectivity index (χ0) is 12.3. The number of nitrogens with zero attached hydrogens (tertiary/aromatic N) is 1. The van der Waals surface area contributed by atoms with Crippen molar-refractivity contribution in [1.29, 1.82) is 0 Å². The summed E-state index contributed by atoms with van der Waals surface area (Å²) in [6.45, 7) is 1.87. The highest BCUT2D eigenvalue weighted by molar-refractivity contribution is 5.87. The number of likely N-dealkylation sites (tertiary alicyclic amines) is 1. The lowest BCUT2D eigenvalue weighted by atomic mass is 10.1. The van der Waals surface area contributed by atoms with Crippen molar-refractivity contribution in [2.24, 2.45) is 0 Å². The number of rotatable bonds is 4. The standard InChI is InChI=1S/C13H17NO3/c15-9-12-5-2-6-14(12)8-10-3-1-4-11(7-10)13(16)17/h1,3-4,7,12,15H,2,5-6,8-9H2,(H,16,17). The molecule has 4 heteroatoms. The zero-order valence-electron chi connectivity index (χ0n) is 9.67.